The molecule has 0 amide bonds. The predicted molar refractivity (Wildman–Crippen MR) is 69.7 cm³/mol. The van der Waals surface area contributed by atoms with Gasteiger partial charge in [-0.2, -0.15) is 0 Å². The van der Waals surface area contributed by atoms with Crippen LogP contribution in [0.5, 0.6) is 0 Å². The molecule has 1 aromatic heterocycles. The highest BCUT2D eigenvalue weighted by Crippen LogP contribution is 2.42. The fraction of sp³-hybridized carbons (Fsp3) is 0.667. The molecule has 2 nitrogen and oxygen atoms in total. The van der Waals surface area contributed by atoms with E-state index in [0.717, 1.165) is 19.3 Å². The minimum Gasteiger partial charge on any atom is -0.393 e. The van der Waals surface area contributed by atoms with Gasteiger partial charge in [0.2, 0.25) is 0 Å². The summed E-state index contributed by atoms with van der Waals surface area (Å²) < 4.78 is 13.9. The molecule has 1 aliphatic carbocycles. The van der Waals surface area contributed by atoms with E-state index < -0.39 is 0 Å². The first kappa shape index (κ1) is 13.5. The average molecular weight is 251 g/mol. The van der Waals surface area contributed by atoms with Gasteiger partial charge < -0.3 is 5.11 Å². The van der Waals surface area contributed by atoms with E-state index in [9.17, 15) is 9.50 Å². The topological polar surface area (TPSA) is 33.1 Å². The van der Waals surface area contributed by atoms with Gasteiger partial charge in [0.25, 0.3) is 0 Å². The zero-order chi connectivity index (χ0) is 13.3. The van der Waals surface area contributed by atoms with Gasteiger partial charge in [0.05, 0.1) is 12.3 Å². The van der Waals surface area contributed by atoms with E-state index in [1.165, 1.54) is 6.20 Å². The molecule has 3 unspecified atom stereocenters. The van der Waals surface area contributed by atoms with Gasteiger partial charge in [-0.05, 0) is 41.7 Å². The Morgan fingerprint density at radius 1 is 1.39 bits per heavy atom. The summed E-state index contributed by atoms with van der Waals surface area (Å²) in [5, 5.41) is 10.3. The van der Waals surface area contributed by atoms with Crippen molar-refractivity contribution < 1.29 is 9.50 Å². The first-order valence-electron chi connectivity index (χ1n) is 6.71. The van der Waals surface area contributed by atoms with Crippen molar-refractivity contribution in [3.8, 4) is 0 Å². The summed E-state index contributed by atoms with van der Waals surface area (Å²) >= 11 is 0. The summed E-state index contributed by atoms with van der Waals surface area (Å²) in [4.78, 5) is 3.80. The van der Waals surface area contributed by atoms with Crippen molar-refractivity contribution >= 4 is 0 Å². The number of halogens is 1. The molecule has 0 aliphatic heterocycles. The molecule has 1 heterocycles. The monoisotopic (exact) mass is 251 g/mol. The van der Waals surface area contributed by atoms with Crippen molar-refractivity contribution in [1.82, 2.24) is 4.98 Å². The lowest BCUT2D eigenvalue weighted by atomic mass is 9.64. The van der Waals surface area contributed by atoms with Crippen molar-refractivity contribution in [3.63, 3.8) is 0 Å². The normalized spacial score (nSPS) is 29.3. The molecule has 3 atom stereocenters. The summed E-state index contributed by atoms with van der Waals surface area (Å²) in [6, 6.07) is 1.74. The van der Waals surface area contributed by atoms with E-state index in [4.69, 9.17) is 0 Å². The molecule has 0 spiro atoms. The summed E-state index contributed by atoms with van der Waals surface area (Å²) in [5.41, 5.74) is 0.308. The molecule has 0 radical (unpaired) electrons. The maximum atomic E-state index is 13.9. The standard InChI is InChI=1S/C15H22FNO/c1-10-4-5-12(14(18)8-10)15(2,3)11-6-7-17-9-13(11)16/h6-7,9-10,12,14,18H,4-5,8H2,1-3H3. The lowest BCUT2D eigenvalue weighted by Gasteiger charge is -2.42. The highest BCUT2D eigenvalue weighted by Gasteiger charge is 2.40. The first-order valence-corrected chi connectivity index (χ1v) is 6.71. The van der Waals surface area contributed by atoms with Crippen molar-refractivity contribution in [2.24, 2.45) is 11.8 Å². The second-order valence-corrected chi connectivity index (χ2v) is 6.17. The number of hydrogen-bond acceptors (Lipinski definition) is 2. The number of hydrogen-bond donors (Lipinski definition) is 1. The third-order valence-corrected chi connectivity index (χ3v) is 4.47. The van der Waals surface area contributed by atoms with Crippen LogP contribution in [0.1, 0.15) is 45.6 Å². The molecule has 1 saturated carbocycles. The molecule has 3 heteroatoms. The third kappa shape index (κ3) is 2.41. The van der Waals surface area contributed by atoms with E-state index in [1.54, 1.807) is 12.3 Å². The first-order chi connectivity index (χ1) is 8.43. The van der Waals surface area contributed by atoms with E-state index in [1.807, 2.05) is 13.8 Å². The van der Waals surface area contributed by atoms with Crippen LogP contribution in [0.2, 0.25) is 0 Å². The highest BCUT2D eigenvalue weighted by atomic mass is 19.1. The van der Waals surface area contributed by atoms with Crippen LogP contribution in [-0.4, -0.2) is 16.2 Å². The second kappa shape index (κ2) is 4.96. The molecule has 0 saturated heterocycles. The van der Waals surface area contributed by atoms with Gasteiger partial charge in [-0.3, -0.25) is 4.98 Å². The van der Waals surface area contributed by atoms with Crippen LogP contribution < -0.4 is 0 Å². The van der Waals surface area contributed by atoms with Gasteiger partial charge in [0.15, 0.2) is 0 Å². The van der Waals surface area contributed by atoms with Crippen LogP contribution in [0.15, 0.2) is 18.5 Å². The Hall–Kier alpha value is -0.960. The van der Waals surface area contributed by atoms with Crippen LogP contribution in [0, 0.1) is 17.7 Å². The number of aromatic nitrogens is 1. The van der Waals surface area contributed by atoms with Crippen LogP contribution in [0.25, 0.3) is 0 Å². The number of pyridine rings is 1. The van der Waals surface area contributed by atoms with Gasteiger partial charge in [-0.1, -0.05) is 27.2 Å². The largest absolute Gasteiger partial charge is 0.393 e. The Balaban J connectivity index is 2.28. The molecule has 1 fully saturated rings. The lowest BCUT2D eigenvalue weighted by molar-refractivity contribution is 0.0135. The van der Waals surface area contributed by atoms with Crippen LogP contribution in [0.3, 0.4) is 0 Å². The molecule has 1 aromatic rings. The van der Waals surface area contributed by atoms with Crippen molar-refractivity contribution in [3.05, 3.63) is 29.8 Å². The minimum atomic E-state index is -0.355. The highest BCUT2D eigenvalue weighted by molar-refractivity contribution is 5.24. The minimum absolute atomic E-state index is 0.116. The van der Waals surface area contributed by atoms with E-state index in [-0.39, 0.29) is 23.3 Å². The summed E-state index contributed by atoms with van der Waals surface area (Å²) in [6.45, 7) is 6.21. The van der Waals surface area contributed by atoms with E-state index in [2.05, 4.69) is 11.9 Å². The second-order valence-electron chi connectivity index (χ2n) is 6.17. The average Bonchev–Trinajstić information content (AvgIpc) is 2.28. The Kier molecular flexibility index (Phi) is 3.71. The Morgan fingerprint density at radius 2 is 2.11 bits per heavy atom. The van der Waals surface area contributed by atoms with Gasteiger partial charge in [-0.25, -0.2) is 4.39 Å². The third-order valence-electron chi connectivity index (χ3n) is 4.47. The molecular weight excluding hydrogens is 229 g/mol. The summed E-state index contributed by atoms with van der Waals surface area (Å²) in [5.74, 6) is 0.410. The Bertz CT molecular complexity index is 419. The van der Waals surface area contributed by atoms with Crippen LogP contribution >= 0.6 is 0 Å². The van der Waals surface area contributed by atoms with Crippen molar-refractivity contribution in [2.45, 2.75) is 51.6 Å². The Labute approximate surface area is 108 Å². The van der Waals surface area contributed by atoms with Gasteiger partial charge >= 0.3 is 0 Å². The maximum absolute atomic E-state index is 13.9. The molecule has 0 aromatic carbocycles. The lowest BCUT2D eigenvalue weighted by Crippen LogP contribution is -2.41. The number of nitrogens with zero attached hydrogens (tertiary/aromatic N) is 1. The van der Waals surface area contributed by atoms with Gasteiger partial charge in [0, 0.05) is 6.20 Å². The van der Waals surface area contributed by atoms with Crippen molar-refractivity contribution in [1.29, 1.82) is 0 Å². The smallest absolute Gasteiger partial charge is 0.145 e. The summed E-state index contributed by atoms with van der Waals surface area (Å²) in [6.07, 6.45) is 5.43. The predicted octanol–water partition coefficient (Wildman–Crippen LogP) is 3.30. The Morgan fingerprint density at radius 3 is 2.72 bits per heavy atom. The van der Waals surface area contributed by atoms with Gasteiger partial charge in [-0.15, -0.1) is 0 Å². The van der Waals surface area contributed by atoms with E-state index in [0.29, 0.717) is 11.5 Å². The number of rotatable bonds is 2. The molecule has 100 valence electrons. The quantitative estimate of drug-likeness (QED) is 0.875. The SMILES string of the molecule is CC1CCC(C(C)(C)c2ccncc2F)C(O)C1. The fourth-order valence-electron chi connectivity index (χ4n) is 3.29. The maximum Gasteiger partial charge on any atom is 0.145 e. The number of aliphatic hydroxyl groups excluding tert-OH is 1. The molecular formula is C15H22FNO. The number of aliphatic hydroxyl groups is 1. The van der Waals surface area contributed by atoms with Gasteiger partial charge in [0.1, 0.15) is 5.82 Å². The molecule has 0 bridgehead atoms. The van der Waals surface area contributed by atoms with E-state index >= 15 is 0 Å². The fourth-order valence-corrected chi connectivity index (χ4v) is 3.29. The van der Waals surface area contributed by atoms with Crippen molar-refractivity contribution in [2.75, 3.05) is 0 Å². The summed E-state index contributed by atoms with van der Waals surface area (Å²) in [7, 11) is 0. The van der Waals surface area contributed by atoms with Crippen LogP contribution in [0.4, 0.5) is 4.39 Å². The molecule has 2 rings (SSSR count). The zero-order valence-corrected chi connectivity index (χ0v) is 11.4. The molecule has 1 aliphatic rings. The molecule has 18 heavy (non-hydrogen) atoms. The zero-order valence-electron chi connectivity index (χ0n) is 11.4. The van der Waals surface area contributed by atoms with Crippen LogP contribution in [-0.2, 0) is 5.41 Å². The molecule has 1 N–H and O–H groups in total.